The van der Waals surface area contributed by atoms with E-state index in [0.717, 1.165) is 0 Å². The Morgan fingerprint density at radius 3 is 0.826 bits per heavy atom. The van der Waals surface area contributed by atoms with Crippen LogP contribution in [0.25, 0.3) is 0 Å². The van der Waals surface area contributed by atoms with Gasteiger partial charge in [-0.3, -0.25) is 0 Å². The highest BCUT2D eigenvalue weighted by atomic mass is 31.1. The van der Waals surface area contributed by atoms with Gasteiger partial charge in [-0.1, -0.05) is 83.1 Å². The standard InChI is InChI=1S/C33H57N6O6P/c1-19(2)13-40-28-25(29(35-34-28)41-14-20(3)4)46(26-30(42-15-21(5)6)36-37-31(26)43-16-22(7)8)27-32(44-17-23(9)10)38-39-33(27)45-18-24(11)12/h19-24H,13-18H2,1-12H3,(H,34,35)(H,36,37)(H,38,39). The van der Waals surface area contributed by atoms with Crippen LogP contribution in [0.15, 0.2) is 0 Å². The molecule has 0 spiro atoms. The lowest BCUT2D eigenvalue weighted by atomic mass is 10.2. The second-order valence-electron chi connectivity index (χ2n) is 14.2. The van der Waals surface area contributed by atoms with Gasteiger partial charge in [0.15, 0.2) is 0 Å². The molecule has 3 N–H and O–H groups in total. The van der Waals surface area contributed by atoms with Gasteiger partial charge in [0.05, 0.1) is 39.6 Å². The first-order chi connectivity index (χ1) is 21.8. The zero-order valence-electron chi connectivity index (χ0n) is 29.9. The number of nitrogens with one attached hydrogen (secondary N) is 3. The Bertz CT molecular complexity index is 1070. The van der Waals surface area contributed by atoms with E-state index in [4.69, 9.17) is 28.4 Å². The molecular weight excluding hydrogens is 607 g/mol. The molecule has 3 aromatic rings. The van der Waals surface area contributed by atoms with Crippen LogP contribution in [0.2, 0.25) is 0 Å². The number of aromatic amines is 3. The van der Waals surface area contributed by atoms with E-state index in [9.17, 15) is 0 Å². The Balaban J connectivity index is 2.41. The van der Waals surface area contributed by atoms with Crippen molar-refractivity contribution < 1.29 is 28.4 Å². The second-order valence-corrected chi connectivity index (χ2v) is 16.2. The van der Waals surface area contributed by atoms with Crippen LogP contribution in [-0.2, 0) is 0 Å². The van der Waals surface area contributed by atoms with E-state index in [1.807, 2.05) is 0 Å². The second kappa shape index (κ2) is 17.7. The first-order valence-electron chi connectivity index (χ1n) is 16.6. The molecule has 3 heterocycles. The molecule has 0 unspecified atom stereocenters. The largest absolute Gasteiger partial charge is 0.477 e. The van der Waals surface area contributed by atoms with Crippen molar-refractivity contribution in [2.75, 3.05) is 39.6 Å². The Kier molecular flexibility index (Phi) is 14.3. The summed E-state index contributed by atoms with van der Waals surface area (Å²) in [7, 11) is -1.68. The molecule has 12 nitrogen and oxygen atoms in total. The van der Waals surface area contributed by atoms with Crippen LogP contribution in [0.1, 0.15) is 83.1 Å². The lowest BCUT2D eigenvalue weighted by Crippen LogP contribution is -2.28. The molecule has 0 aliphatic heterocycles. The Morgan fingerprint density at radius 1 is 0.391 bits per heavy atom. The van der Waals surface area contributed by atoms with E-state index in [0.29, 0.717) is 90.8 Å². The van der Waals surface area contributed by atoms with Crippen molar-refractivity contribution in [3.8, 4) is 35.3 Å². The summed E-state index contributed by atoms with van der Waals surface area (Å²) in [6.45, 7) is 28.0. The summed E-state index contributed by atoms with van der Waals surface area (Å²) in [5.41, 5.74) is 0. The first kappa shape index (κ1) is 37.3. The molecule has 3 aromatic heterocycles. The van der Waals surface area contributed by atoms with Crippen molar-refractivity contribution in [3.05, 3.63) is 0 Å². The zero-order chi connectivity index (χ0) is 34.0. The van der Waals surface area contributed by atoms with Gasteiger partial charge < -0.3 is 28.4 Å². The van der Waals surface area contributed by atoms with E-state index in [-0.39, 0.29) is 35.5 Å². The summed E-state index contributed by atoms with van der Waals surface area (Å²) in [5, 5.41) is 25.5. The number of hydrogen-bond acceptors (Lipinski definition) is 9. The van der Waals surface area contributed by atoms with Gasteiger partial charge in [-0.2, -0.15) is 0 Å². The predicted octanol–water partition coefficient (Wildman–Crippen LogP) is 5.82. The van der Waals surface area contributed by atoms with Gasteiger partial charge in [-0.15, -0.1) is 15.3 Å². The molecule has 0 saturated carbocycles. The number of nitrogens with zero attached hydrogens (tertiary/aromatic N) is 3. The minimum absolute atomic E-state index is 0.267. The van der Waals surface area contributed by atoms with Crippen LogP contribution < -0.4 is 44.3 Å². The molecule has 3 rings (SSSR count). The molecule has 0 aliphatic rings. The third-order valence-corrected chi connectivity index (χ3v) is 8.57. The smallest absolute Gasteiger partial charge is 0.245 e. The molecule has 0 aromatic carbocycles. The van der Waals surface area contributed by atoms with Crippen LogP contribution in [0.5, 0.6) is 35.3 Å². The molecule has 13 heteroatoms. The third kappa shape index (κ3) is 10.7. The minimum atomic E-state index is -1.68. The summed E-state index contributed by atoms with van der Waals surface area (Å²) in [6.07, 6.45) is 0. The van der Waals surface area contributed by atoms with Gasteiger partial charge >= 0.3 is 0 Å². The van der Waals surface area contributed by atoms with Crippen molar-refractivity contribution in [2.45, 2.75) is 83.1 Å². The predicted molar refractivity (Wildman–Crippen MR) is 184 cm³/mol. The first-order valence-corrected chi connectivity index (χ1v) is 17.9. The van der Waals surface area contributed by atoms with Gasteiger partial charge in [0, 0.05) is 7.92 Å². The average Bonchev–Trinajstić information content (AvgIpc) is 3.68. The Hall–Kier alpha value is -3.14. The molecular formula is C33H57N6O6P. The quantitative estimate of drug-likeness (QED) is 0.120. The van der Waals surface area contributed by atoms with Crippen molar-refractivity contribution in [1.82, 2.24) is 30.6 Å². The molecule has 0 saturated heterocycles. The summed E-state index contributed by atoms with van der Waals surface area (Å²) >= 11 is 0. The van der Waals surface area contributed by atoms with Crippen molar-refractivity contribution in [3.63, 3.8) is 0 Å². The van der Waals surface area contributed by atoms with E-state index < -0.39 is 7.92 Å². The Morgan fingerprint density at radius 2 is 0.609 bits per heavy atom. The highest BCUT2D eigenvalue weighted by Gasteiger charge is 2.40. The van der Waals surface area contributed by atoms with Crippen molar-refractivity contribution in [2.24, 2.45) is 35.5 Å². The van der Waals surface area contributed by atoms with Crippen molar-refractivity contribution in [1.29, 1.82) is 0 Å². The summed E-state index contributed by atoms with van der Waals surface area (Å²) < 4.78 is 38.4. The van der Waals surface area contributed by atoms with Crippen LogP contribution in [0.4, 0.5) is 0 Å². The molecule has 46 heavy (non-hydrogen) atoms. The molecule has 0 bridgehead atoms. The van der Waals surface area contributed by atoms with E-state index >= 15 is 0 Å². The van der Waals surface area contributed by atoms with Gasteiger partial charge in [0.1, 0.15) is 15.9 Å². The third-order valence-electron chi connectivity index (χ3n) is 6.04. The van der Waals surface area contributed by atoms with Crippen LogP contribution in [-0.4, -0.2) is 70.2 Å². The minimum Gasteiger partial charge on any atom is -0.477 e. The fourth-order valence-corrected chi connectivity index (χ4v) is 6.47. The van der Waals surface area contributed by atoms with Gasteiger partial charge in [-0.05, 0) is 35.5 Å². The van der Waals surface area contributed by atoms with E-state index in [1.54, 1.807) is 0 Å². The maximum absolute atomic E-state index is 6.41. The maximum atomic E-state index is 6.41. The van der Waals surface area contributed by atoms with Gasteiger partial charge in [0.2, 0.25) is 35.3 Å². The number of ether oxygens (including phenoxy) is 6. The van der Waals surface area contributed by atoms with Crippen LogP contribution >= 0.6 is 7.92 Å². The van der Waals surface area contributed by atoms with E-state index in [2.05, 4.69) is 114 Å². The fraction of sp³-hybridized carbons (Fsp3) is 0.727. The van der Waals surface area contributed by atoms with E-state index in [1.165, 1.54) is 0 Å². The lowest BCUT2D eigenvalue weighted by molar-refractivity contribution is 0.261. The summed E-state index contributed by atoms with van der Waals surface area (Å²) in [5.74, 6) is 4.39. The molecule has 0 amide bonds. The summed E-state index contributed by atoms with van der Waals surface area (Å²) in [6, 6.07) is 0. The molecule has 0 aliphatic carbocycles. The molecule has 0 fully saturated rings. The average molecular weight is 665 g/mol. The monoisotopic (exact) mass is 664 g/mol. The molecule has 0 atom stereocenters. The SMILES string of the molecule is CC(C)COc1n[nH]c(OCC(C)C)c1P(c1c(OCC(C)C)n[nH]c1OCC(C)C)c1c(OCC(C)C)n[nH]c1OCC(C)C. The zero-order valence-corrected chi connectivity index (χ0v) is 30.8. The number of aromatic nitrogens is 6. The topological polar surface area (TPSA) is 141 Å². The van der Waals surface area contributed by atoms with Crippen LogP contribution in [0.3, 0.4) is 0 Å². The molecule has 0 radical (unpaired) electrons. The number of H-pyrrole nitrogens is 3. The highest BCUT2D eigenvalue weighted by Crippen LogP contribution is 2.48. The van der Waals surface area contributed by atoms with Gasteiger partial charge in [-0.25, -0.2) is 15.3 Å². The van der Waals surface area contributed by atoms with Crippen molar-refractivity contribution >= 4 is 23.8 Å². The summed E-state index contributed by atoms with van der Waals surface area (Å²) in [4.78, 5) is 0. The number of hydrogen-bond donors (Lipinski definition) is 3. The highest BCUT2D eigenvalue weighted by molar-refractivity contribution is 7.81. The van der Waals surface area contributed by atoms with Crippen LogP contribution in [0, 0.1) is 35.5 Å². The lowest BCUT2D eigenvalue weighted by Gasteiger charge is -2.23. The van der Waals surface area contributed by atoms with Gasteiger partial charge in [0.25, 0.3) is 0 Å². The maximum Gasteiger partial charge on any atom is 0.245 e. The number of rotatable bonds is 21. The Labute approximate surface area is 276 Å². The normalized spacial score (nSPS) is 12.1. The molecule has 260 valence electrons. The fourth-order valence-electron chi connectivity index (χ4n) is 3.93.